The predicted octanol–water partition coefficient (Wildman–Crippen LogP) is 1.23. The molecule has 1 aliphatic rings. The average Bonchev–Trinajstić information content (AvgIpc) is 2.41. The summed E-state index contributed by atoms with van der Waals surface area (Å²) in [6, 6.07) is 5.74. The van der Waals surface area contributed by atoms with E-state index in [1.165, 1.54) is 5.56 Å². The molecule has 1 heterocycles. The number of hydrogen-bond donors (Lipinski definition) is 1. The lowest BCUT2D eigenvalue weighted by Crippen LogP contribution is -2.45. The SMILES string of the molecule is CCN1CCN(Cc2ccc(C(N)=O)cc2C)CC1. The summed E-state index contributed by atoms with van der Waals surface area (Å²) >= 11 is 0. The Morgan fingerprint density at radius 2 is 1.84 bits per heavy atom. The highest BCUT2D eigenvalue weighted by Gasteiger charge is 2.16. The van der Waals surface area contributed by atoms with Crippen LogP contribution in [0, 0.1) is 6.92 Å². The highest BCUT2D eigenvalue weighted by atomic mass is 16.1. The molecule has 1 fully saturated rings. The van der Waals surface area contributed by atoms with E-state index in [9.17, 15) is 4.79 Å². The number of benzene rings is 1. The summed E-state index contributed by atoms with van der Waals surface area (Å²) in [5.74, 6) is -0.355. The number of amides is 1. The van der Waals surface area contributed by atoms with Crippen LogP contribution in [0.15, 0.2) is 18.2 Å². The Morgan fingerprint density at radius 1 is 1.21 bits per heavy atom. The number of likely N-dealkylation sites (N-methyl/N-ethyl adjacent to an activating group) is 1. The normalized spacial score (nSPS) is 17.6. The van der Waals surface area contributed by atoms with Crippen molar-refractivity contribution in [3.8, 4) is 0 Å². The molecule has 2 rings (SSSR count). The van der Waals surface area contributed by atoms with Crippen LogP contribution in [0.4, 0.5) is 0 Å². The van der Waals surface area contributed by atoms with Crippen molar-refractivity contribution in [2.45, 2.75) is 20.4 Å². The lowest BCUT2D eigenvalue weighted by atomic mass is 10.0. The van der Waals surface area contributed by atoms with Crippen molar-refractivity contribution in [1.29, 1.82) is 0 Å². The van der Waals surface area contributed by atoms with Crippen molar-refractivity contribution in [2.24, 2.45) is 5.73 Å². The third-order valence-electron chi connectivity index (χ3n) is 3.93. The zero-order valence-electron chi connectivity index (χ0n) is 11.9. The van der Waals surface area contributed by atoms with E-state index in [-0.39, 0.29) is 5.91 Å². The number of primary amides is 1. The Hall–Kier alpha value is -1.39. The van der Waals surface area contributed by atoms with Crippen LogP contribution in [0.25, 0.3) is 0 Å². The van der Waals surface area contributed by atoms with E-state index in [0.717, 1.165) is 44.8 Å². The van der Waals surface area contributed by atoms with Gasteiger partial charge in [0.05, 0.1) is 0 Å². The molecule has 0 atom stereocenters. The molecule has 0 radical (unpaired) electrons. The molecule has 1 amide bonds. The molecule has 19 heavy (non-hydrogen) atoms. The summed E-state index contributed by atoms with van der Waals surface area (Å²) in [4.78, 5) is 16.1. The lowest BCUT2D eigenvalue weighted by molar-refractivity contribution is 0.1000. The fourth-order valence-corrected chi connectivity index (χ4v) is 2.53. The van der Waals surface area contributed by atoms with Crippen LogP contribution in [0.3, 0.4) is 0 Å². The van der Waals surface area contributed by atoms with Crippen LogP contribution >= 0.6 is 0 Å². The summed E-state index contributed by atoms with van der Waals surface area (Å²) in [7, 11) is 0. The number of carbonyl (C=O) groups is 1. The van der Waals surface area contributed by atoms with Gasteiger partial charge in [0, 0.05) is 38.3 Å². The van der Waals surface area contributed by atoms with Gasteiger partial charge in [0.2, 0.25) is 5.91 Å². The minimum Gasteiger partial charge on any atom is -0.366 e. The first-order chi connectivity index (χ1) is 9.10. The van der Waals surface area contributed by atoms with Crippen molar-refractivity contribution < 1.29 is 4.79 Å². The van der Waals surface area contributed by atoms with Crippen molar-refractivity contribution in [1.82, 2.24) is 9.80 Å². The quantitative estimate of drug-likeness (QED) is 0.887. The highest BCUT2D eigenvalue weighted by Crippen LogP contribution is 2.14. The molecular weight excluding hydrogens is 238 g/mol. The average molecular weight is 261 g/mol. The summed E-state index contributed by atoms with van der Waals surface area (Å²) in [5, 5.41) is 0. The van der Waals surface area contributed by atoms with Crippen molar-refractivity contribution in [3.63, 3.8) is 0 Å². The van der Waals surface area contributed by atoms with E-state index in [4.69, 9.17) is 5.73 Å². The maximum atomic E-state index is 11.1. The molecule has 0 unspecified atom stereocenters. The van der Waals surface area contributed by atoms with Gasteiger partial charge >= 0.3 is 0 Å². The van der Waals surface area contributed by atoms with Gasteiger partial charge in [-0.2, -0.15) is 0 Å². The maximum Gasteiger partial charge on any atom is 0.248 e. The zero-order chi connectivity index (χ0) is 13.8. The molecular formula is C15H23N3O. The lowest BCUT2D eigenvalue weighted by Gasteiger charge is -2.34. The third-order valence-corrected chi connectivity index (χ3v) is 3.93. The molecule has 1 aliphatic heterocycles. The van der Waals surface area contributed by atoms with Crippen LogP contribution in [-0.2, 0) is 6.54 Å². The fourth-order valence-electron chi connectivity index (χ4n) is 2.53. The van der Waals surface area contributed by atoms with Crippen LogP contribution in [-0.4, -0.2) is 48.4 Å². The van der Waals surface area contributed by atoms with Gasteiger partial charge in [-0.3, -0.25) is 9.69 Å². The first-order valence-electron chi connectivity index (χ1n) is 6.94. The predicted molar refractivity (Wildman–Crippen MR) is 77.1 cm³/mol. The van der Waals surface area contributed by atoms with Gasteiger partial charge in [0.1, 0.15) is 0 Å². The molecule has 1 saturated heterocycles. The summed E-state index contributed by atoms with van der Waals surface area (Å²) in [6.07, 6.45) is 0. The van der Waals surface area contributed by atoms with Gasteiger partial charge < -0.3 is 10.6 Å². The monoisotopic (exact) mass is 261 g/mol. The van der Waals surface area contributed by atoms with Gasteiger partial charge in [-0.15, -0.1) is 0 Å². The van der Waals surface area contributed by atoms with Gasteiger partial charge in [0.15, 0.2) is 0 Å². The van der Waals surface area contributed by atoms with Crippen LogP contribution in [0.5, 0.6) is 0 Å². The number of nitrogens with two attached hydrogens (primary N) is 1. The highest BCUT2D eigenvalue weighted by molar-refractivity contribution is 5.93. The molecule has 0 aliphatic carbocycles. The third kappa shape index (κ3) is 3.55. The number of carbonyl (C=O) groups excluding carboxylic acids is 1. The molecule has 0 bridgehead atoms. The van der Waals surface area contributed by atoms with Crippen LogP contribution in [0.2, 0.25) is 0 Å². The Kier molecular flexibility index (Phi) is 4.56. The minimum absolute atomic E-state index is 0.355. The number of nitrogens with zero attached hydrogens (tertiary/aromatic N) is 2. The summed E-state index contributed by atoms with van der Waals surface area (Å²) in [6.45, 7) is 10.9. The second-order valence-corrected chi connectivity index (χ2v) is 5.22. The Bertz CT molecular complexity index is 451. The zero-order valence-corrected chi connectivity index (χ0v) is 11.9. The van der Waals surface area contributed by atoms with E-state index in [2.05, 4.69) is 16.7 Å². The largest absolute Gasteiger partial charge is 0.366 e. The Balaban J connectivity index is 1.98. The Morgan fingerprint density at radius 3 is 2.37 bits per heavy atom. The number of piperazine rings is 1. The molecule has 0 spiro atoms. The van der Waals surface area contributed by atoms with Crippen molar-refractivity contribution in [2.75, 3.05) is 32.7 Å². The molecule has 0 aromatic heterocycles. The van der Waals surface area contributed by atoms with E-state index in [1.807, 2.05) is 25.1 Å². The molecule has 2 N–H and O–H groups in total. The van der Waals surface area contributed by atoms with Gasteiger partial charge in [-0.1, -0.05) is 13.0 Å². The van der Waals surface area contributed by atoms with Crippen LogP contribution in [0.1, 0.15) is 28.4 Å². The Labute approximate surface area is 115 Å². The van der Waals surface area contributed by atoms with E-state index in [0.29, 0.717) is 5.56 Å². The fraction of sp³-hybridized carbons (Fsp3) is 0.533. The van der Waals surface area contributed by atoms with Gasteiger partial charge in [0.25, 0.3) is 0 Å². The summed E-state index contributed by atoms with van der Waals surface area (Å²) in [5.41, 5.74) is 8.32. The van der Waals surface area contributed by atoms with Gasteiger partial charge in [-0.25, -0.2) is 0 Å². The van der Waals surface area contributed by atoms with Gasteiger partial charge in [-0.05, 0) is 36.7 Å². The standard InChI is InChI=1S/C15H23N3O/c1-3-17-6-8-18(9-7-17)11-14-5-4-13(15(16)19)10-12(14)2/h4-5,10H,3,6-9,11H2,1-2H3,(H2,16,19). The smallest absolute Gasteiger partial charge is 0.248 e. The van der Waals surface area contributed by atoms with E-state index in [1.54, 1.807) is 0 Å². The van der Waals surface area contributed by atoms with Crippen molar-refractivity contribution in [3.05, 3.63) is 34.9 Å². The molecule has 104 valence electrons. The number of aryl methyl sites for hydroxylation is 1. The summed E-state index contributed by atoms with van der Waals surface area (Å²) < 4.78 is 0. The first-order valence-corrected chi connectivity index (χ1v) is 6.94. The van der Waals surface area contributed by atoms with Crippen LogP contribution < -0.4 is 5.73 Å². The molecule has 4 heteroatoms. The number of rotatable bonds is 4. The second-order valence-electron chi connectivity index (χ2n) is 5.22. The first kappa shape index (κ1) is 14.0. The molecule has 4 nitrogen and oxygen atoms in total. The number of hydrogen-bond acceptors (Lipinski definition) is 3. The maximum absolute atomic E-state index is 11.1. The van der Waals surface area contributed by atoms with E-state index < -0.39 is 0 Å². The van der Waals surface area contributed by atoms with Crippen molar-refractivity contribution >= 4 is 5.91 Å². The molecule has 0 saturated carbocycles. The second kappa shape index (κ2) is 6.17. The minimum atomic E-state index is -0.355. The van der Waals surface area contributed by atoms with E-state index >= 15 is 0 Å². The molecule has 1 aromatic carbocycles. The molecule has 1 aromatic rings. The topological polar surface area (TPSA) is 49.6 Å².